The minimum atomic E-state index is -3.63. The van der Waals surface area contributed by atoms with Gasteiger partial charge in [-0.15, -0.1) is 0 Å². The summed E-state index contributed by atoms with van der Waals surface area (Å²) in [7, 11) is -6.83. The Bertz CT molecular complexity index is 568. The maximum atomic E-state index is 11.8. The van der Waals surface area contributed by atoms with Gasteiger partial charge in [-0.05, 0) is 18.8 Å². The molecule has 0 radical (unpaired) electrons. The molecule has 1 unspecified atom stereocenters. The number of rotatable bonds is 7. The molecule has 1 aliphatic rings. The van der Waals surface area contributed by atoms with Crippen LogP contribution in [0.25, 0.3) is 0 Å². The van der Waals surface area contributed by atoms with E-state index < -0.39 is 31.8 Å². The average molecular weight is 340 g/mol. The Kier molecular flexibility index (Phi) is 6.18. The minimum Gasteiger partial charge on any atom is -0.355 e. The molecule has 124 valence electrons. The van der Waals surface area contributed by atoms with E-state index in [2.05, 4.69) is 5.32 Å². The Hall–Kier alpha value is -0.670. The molecule has 1 rings (SSSR count). The van der Waals surface area contributed by atoms with Crippen LogP contribution in [0, 0.1) is 5.92 Å². The fourth-order valence-corrected chi connectivity index (χ4v) is 5.12. The molecule has 9 heteroatoms. The summed E-state index contributed by atoms with van der Waals surface area (Å²) in [5.41, 5.74) is 0. The highest BCUT2D eigenvalue weighted by Gasteiger charge is 2.37. The van der Waals surface area contributed by atoms with Gasteiger partial charge in [-0.1, -0.05) is 13.8 Å². The first kappa shape index (κ1) is 18.4. The van der Waals surface area contributed by atoms with Crippen molar-refractivity contribution in [2.45, 2.75) is 32.7 Å². The van der Waals surface area contributed by atoms with E-state index in [4.69, 9.17) is 0 Å². The lowest BCUT2D eigenvalue weighted by atomic mass is 10.1. The summed E-state index contributed by atoms with van der Waals surface area (Å²) >= 11 is 0. The van der Waals surface area contributed by atoms with Gasteiger partial charge in [0.2, 0.25) is 15.9 Å². The molecule has 0 saturated carbocycles. The van der Waals surface area contributed by atoms with E-state index >= 15 is 0 Å². The van der Waals surface area contributed by atoms with Gasteiger partial charge in [-0.25, -0.2) is 16.8 Å². The van der Waals surface area contributed by atoms with E-state index in [-0.39, 0.29) is 24.5 Å². The lowest BCUT2D eigenvalue weighted by Crippen LogP contribution is -2.46. The second-order valence-electron chi connectivity index (χ2n) is 5.90. The number of hydrogen-bond acceptors (Lipinski definition) is 5. The average Bonchev–Trinajstić information content (AvgIpc) is 2.64. The van der Waals surface area contributed by atoms with Crippen LogP contribution in [0.2, 0.25) is 0 Å². The number of carbonyl (C=O) groups excluding carboxylic acids is 1. The van der Waals surface area contributed by atoms with Crippen LogP contribution in [0.15, 0.2) is 0 Å². The highest BCUT2D eigenvalue weighted by Crippen LogP contribution is 2.19. The van der Waals surface area contributed by atoms with E-state index in [0.717, 1.165) is 17.0 Å². The zero-order valence-electron chi connectivity index (χ0n) is 12.7. The predicted molar refractivity (Wildman–Crippen MR) is 81.1 cm³/mol. The van der Waals surface area contributed by atoms with Crippen LogP contribution in [-0.4, -0.2) is 63.9 Å². The predicted octanol–water partition coefficient (Wildman–Crippen LogP) is -0.403. The Labute approximate surface area is 127 Å². The van der Waals surface area contributed by atoms with Crippen molar-refractivity contribution in [1.82, 2.24) is 9.62 Å². The molecule has 0 aromatic carbocycles. The Morgan fingerprint density at radius 2 is 2.00 bits per heavy atom. The van der Waals surface area contributed by atoms with Gasteiger partial charge in [0.25, 0.3) is 0 Å². The zero-order chi connectivity index (χ0) is 16.3. The van der Waals surface area contributed by atoms with E-state index in [1.165, 1.54) is 0 Å². The third-order valence-electron chi connectivity index (χ3n) is 3.38. The summed E-state index contributed by atoms with van der Waals surface area (Å²) < 4.78 is 47.6. The van der Waals surface area contributed by atoms with Crippen LogP contribution >= 0.6 is 0 Å². The van der Waals surface area contributed by atoms with Gasteiger partial charge in [-0.2, -0.15) is 4.31 Å². The Morgan fingerprint density at radius 1 is 1.38 bits per heavy atom. The first-order valence-electron chi connectivity index (χ1n) is 6.95. The van der Waals surface area contributed by atoms with Gasteiger partial charge in [0.05, 0.1) is 24.3 Å². The van der Waals surface area contributed by atoms with Gasteiger partial charge in [0.1, 0.15) is 0 Å². The van der Waals surface area contributed by atoms with Crippen molar-refractivity contribution in [2.75, 3.05) is 30.9 Å². The Morgan fingerprint density at radius 3 is 2.43 bits per heavy atom. The second-order valence-corrected chi connectivity index (χ2v) is 10.1. The summed E-state index contributed by atoms with van der Waals surface area (Å²) in [6.45, 7) is 4.21. The van der Waals surface area contributed by atoms with Crippen LogP contribution in [0.3, 0.4) is 0 Å². The number of hydrogen-bond donors (Lipinski definition) is 1. The maximum Gasteiger partial charge on any atom is 0.235 e. The maximum absolute atomic E-state index is 11.8. The standard InChI is InChI=1S/C12H24N2O5S2/c1-10(2)4-6-13-12(15)8-14(20(3,16)17)11-5-7-21(18,19)9-11/h10-11H,4-9H2,1-3H3,(H,13,15). The molecule has 0 aromatic heterocycles. The number of amides is 1. The molecule has 7 nitrogen and oxygen atoms in total. The highest BCUT2D eigenvalue weighted by atomic mass is 32.2. The van der Waals surface area contributed by atoms with Crippen molar-refractivity contribution < 1.29 is 21.6 Å². The Balaban J connectivity index is 2.66. The van der Waals surface area contributed by atoms with Gasteiger partial charge < -0.3 is 5.32 Å². The number of carbonyl (C=O) groups is 1. The van der Waals surface area contributed by atoms with Crippen LogP contribution in [0.1, 0.15) is 26.7 Å². The fourth-order valence-electron chi connectivity index (χ4n) is 2.22. The topological polar surface area (TPSA) is 101 Å². The van der Waals surface area contributed by atoms with Gasteiger partial charge in [0.15, 0.2) is 9.84 Å². The summed E-state index contributed by atoms with van der Waals surface area (Å²) in [5, 5.41) is 2.67. The van der Waals surface area contributed by atoms with Crippen LogP contribution in [-0.2, 0) is 24.7 Å². The third-order valence-corrected chi connectivity index (χ3v) is 6.41. The SMILES string of the molecule is CC(C)CCNC(=O)CN(C1CCS(=O)(=O)C1)S(C)(=O)=O. The van der Waals surface area contributed by atoms with Gasteiger partial charge in [-0.3, -0.25) is 4.79 Å². The smallest absolute Gasteiger partial charge is 0.235 e. The lowest BCUT2D eigenvalue weighted by Gasteiger charge is -2.25. The molecular formula is C12H24N2O5S2. The van der Waals surface area contributed by atoms with Crippen molar-refractivity contribution in [2.24, 2.45) is 5.92 Å². The highest BCUT2D eigenvalue weighted by molar-refractivity contribution is 7.92. The molecule has 0 spiro atoms. The van der Waals surface area contributed by atoms with Gasteiger partial charge >= 0.3 is 0 Å². The molecular weight excluding hydrogens is 316 g/mol. The number of nitrogens with one attached hydrogen (secondary N) is 1. The van der Waals surface area contributed by atoms with E-state index in [1.54, 1.807) is 0 Å². The lowest BCUT2D eigenvalue weighted by molar-refractivity contribution is -0.121. The minimum absolute atomic E-state index is 0.0291. The molecule has 1 heterocycles. The second kappa shape index (κ2) is 7.06. The van der Waals surface area contributed by atoms with Crippen molar-refractivity contribution in [3.05, 3.63) is 0 Å². The summed E-state index contributed by atoms with van der Waals surface area (Å²) in [5.74, 6) is -0.195. The van der Waals surface area contributed by atoms with Crippen LogP contribution < -0.4 is 5.32 Å². The molecule has 0 aromatic rings. The number of sulfonamides is 1. The first-order valence-corrected chi connectivity index (χ1v) is 10.6. The van der Waals surface area contributed by atoms with Crippen LogP contribution in [0.5, 0.6) is 0 Å². The summed E-state index contributed by atoms with van der Waals surface area (Å²) in [6, 6.07) is -0.638. The summed E-state index contributed by atoms with van der Waals surface area (Å²) in [6.07, 6.45) is 2.05. The number of nitrogens with zero attached hydrogens (tertiary/aromatic N) is 1. The molecule has 0 bridgehead atoms. The van der Waals surface area contributed by atoms with Crippen molar-refractivity contribution in [3.8, 4) is 0 Å². The summed E-state index contributed by atoms with van der Waals surface area (Å²) in [4.78, 5) is 11.8. The molecule has 1 atom stereocenters. The third kappa shape index (κ3) is 6.31. The monoisotopic (exact) mass is 340 g/mol. The number of sulfone groups is 1. The largest absolute Gasteiger partial charge is 0.355 e. The molecule has 0 aliphatic carbocycles. The zero-order valence-corrected chi connectivity index (χ0v) is 14.3. The fraction of sp³-hybridized carbons (Fsp3) is 0.917. The quantitative estimate of drug-likeness (QED) is 0.679. The van der Waals surface area contributed by atoms with Crippen LogP contribution in [0.4, 0.5) is 0 Å². The molecule has 1 N–H and O–H groups in total. The molecule has 1 saturated heterocycles. The van der Waals surface area contributed by atoms with E-state index in [9.17, 15) is 21.6 Å². The molecule has 1 amide bonds. The molecule has 21 heavy (non-hydrogen) atoms. The van der Waals surface area contributed by atoms with E-state index in [0.29, 0.717) is 12.5 Å². The van der Waals surface area contributed by atoms with Gasteiger partial charge in [0, 0.05) is 12.6 Å². The van der Waals surface area contributed by atoms with Crippen molar-refractivity contribution in [1.29, 1.82) is 0 Å². The van der Waals surface area contributed by atoms with Crippen molar-refractivity contribution in [3.63, 3.8) is 0 Å². The molecule has 1 aliphatic heterocycles. The first-order chi connectivity index (χ1) is 9.51. The molecule has 1 fully saturated rings. The normalized spacial score (nSPS) is 21.9. The van der Waals surface area contributed by atoms with E-state index in [1.807, 2.05) is 13.8 Å². The van der Waals surface area contributed by atoms with Crippen molar-refractivity contribution >= 4 is 25.8 Å².